The highest BCUT2D eigenvalue weighted by Gasteiger charge is 2.08. The standard InChI is InChI=1S/C15H14ClF2NS/c16-11-2-4-13(5-3-11)20-9-12(19)7-10-1-6-14(17)15(18)8-10/h1-6,8,12H,7,9,19H2. The van der Waals surface area contributed by atoms with Gasteiger partial charge in [-0.15, -0.1) is 11.8 Å². The molecule has 0 aliphatic heterocycles. The van der Waals surface area contributed by atoms with E-state index in [1.165, 1.54) is 6.07 Å². The van der Waals surface area contributed by atoms with Gasteiger partial charge in [-0.05, 0) is 48.4 Å². The van der Waals surface area contributed by atoms with Gasteiger partial charge < -0.3 is 5.73 Å². The highest BCUT2D eigenvalue weighted by molar-refractivity contribution is 7.99. The van der Waals surface area contributed by atoms with Crippen LogP contribution in [0.5, 0.6) is 0 Å². The predicted octanol–water partition coefficient (Wildman–Crippen LogP) is 4.28. The van der Waals surface area contributed by atoms with Crippen LogP contribution in [0.1, 0.15) is 5.56 Å². The van der Waals surface area contributed by atoms with Crippen LogP contribution in [-0.2, 0) is 6.42 Å². The van der Waals surface area contributed by atoms with Crippen LogP contribution in [0, 0.1) is 11.6 Å². The van der Waals surface area contributed by atoms with E-state index in [2.05, 4.69) is 0 Å². The smallest absolute Gasteiger partial charge is 0.159 e. The maximum Gasteiger partial charge on any atom is 0.159 e. The van der Waals surface area contributed by atoms with Gasteiger partial charge in [0.05, 0.1) is 0 Å². The van der Waals surface area contributed by atoms with Crippen LogP contribution >= 0.6 is 23.4 Å². The lowest BCUT2D eigenvalue weighted by Crippen LogP contribution is -2.25. The van der Waals surface area contributed by atoms with Crippen molar-refractivity contribution in [2.45, 2.75) is 17.4 Å². The first-order valence-corrected chi connectivity index (χ1v) is 7.49. The molecule has 0 bridgehead atoms. The minimum atomic E-state index is -0.835. The molecule has 20 heavy (non-hydrogen) atoms. The average molecular weight is 314 g/mol. The molecule has 5 heteroatoms. The van der Waals surface area contributed by atoms with Gasteiger partial charge in [0.15, 0.2) is 11.6 Å². The van der Waals surface area contributed by atoms with Crippen molar-refractivity contribution < 1.29 is 8.78 Å². The summed E-state index contributed by atoms with van der Waals surface area (Å²) in [6, 6.07) is 11.3. The molecule has 1 atom stereocenters. The molecule has 0 heterocycles. The van der Waals surface area contributed by atoms with Crippen LogP contribution in [-0.4, -0.2) is 11.8 Å². The second kappa shape index (κ2) is 7.07. The summed E-state index contributed by atoms with van der Waals surface area (Å²) < 4.78 is 25.9. The number of halogens is 3. The Morgan fingerprint density at radius 1 is 1.05 bits per heavy atom. The third kappa shape index (κ3) is 4.47. The molecule has 0 fully saturated rings. The number of hydrogen-bond donors (Lipinski definition) is 1. The minimum absolute atomic E-state index is 0.125. The van der Waals surface area contributed by atoms with E-state index in [-0.39, 0.29) is 6.04 Å². The van der Waals surface area contributed by atoms with E-state index in [4.69, 9.17) is 17.3 Å². The summed E-state index contributed by atoms with van der Waals surface area (Å²) in [6.45, 7) is 0. The molecule has 0 spiro atoms. The van der Waals surface area contributed by atoms with Gasteiger partial charge in [-0.1, -0.05) is 17.7 Å². The summed E-state index contributed by atoms with van der Waals surface area (Å²) in [6.07, 6.45) is 0.512. The van der Waals surface area contributed by atoms with Crippen molar-refractivity contribution in [1.82, 2.24) is 0 Å². The Morgan fingerprint density at radius 2 is 1.75 bits per heavy atom. The molecule has 0 amide bonds. The second-order valence-electron chi connectivity index (χ2n) is 4.48. The van der Waals surface area contributed by atoms with Gasteiger partial charge >= 0.3 is 0 Å². The molecule has 2 rings (SSSR count). The molecule has 0 aliphatic carbocycles. The second-order valence-corrected chi connectivity index (χ2v) is 6.01. The minimum Gasteiger partial charge on any atom is -0.327 e. The average Bonchev–Trinajstić information content (AvgIpc) is 2.42. The summed E-state index contributed by atoms with van der Waals surface area (Å²) in [5.41, 5.74) is 6.71. The van der Waals surface area contributed by atoms with Crippen LogP contribution in [0.3, 0.4) is 0 Å². The van der Waals surface area contributed by atoms with E-state index in [0.29, 0.717) is 22.8 Å². The summed E-state index contributed by atoms with van der Waals surface area (Å²) in [5.74, 6) is -0.974. The molecule has 106 valence electrons. The first-order valence-electron chi connectivity index (χ1n) is 6.12. The third-order valence-electron chi connectivity index (χ3n) is 2.76. The fraction of sp³-hybridized carbons (Fsp3) is 0.200. The Bertz CT molecular complexity index is 575. The molecule has 0 saturated heterocycles. The quantitative estimate of drug-likeness (QED) is 0.834. The monoisotopic (exact) mass is 313 g/mol. The maximum atomic E-state index is 13.1. The van der Waals surface area contributed by atoms with Crippen molar-refractivity contribution in [3.8, 4) is 0 Å². The van der Waals surface area contributed by atoms with Crippen molar-refractivity contribution >= 4 is 23.4 Å². The van der Waals surface area contributed by atoms with Gasteiger partial charge in [0.1, 0.15) is 0 Å². The third-order valence-corrected chi connectivity index (χ3v) is 4.21. The fourth-order valence-corrected chi connectivity index (χ4v) is 2.74. The Hall–Kier alpha value is -1.10. The zero-order valence-corrected chi connectivity index (χ0v) is 12.2. The molecule has 1 nitrogen and oxygen atoms in total. The van der Waals surface area contributed by atoms with Crippen LogP contribution < -0.4 is 5.73 Å². The molecular formula is C15H14ClF2NS. The van der Waals surface area contributed by atoms with Crippen molar-refractivity contribution in [1.29, 1.82) is 0 Å². The number of nitrogens with two attached hydrogens (primary N) is 1. The molecular weight excluding hydrogens is 300 g/mol. The van der Waals surface area contributed by atoms with E-state index >= 15 is 0 Å². The van der Waals surface area contributed by atoms with Gasteiger partial charge in [-0.2, -0.15) is 0 Å². The largest absolute Gasteiger partial charge is 0.327 e. The lowest BCUT2D eigenvalue weighted by atomic mass is 10.1. The van der Waals surface area contributed by atoms with E-state index in [0.717, 1.165) is 11.0 Å². The molecule has 0 radical (unpaired) electrons. The molecule has 0 aliphatic rings. The van der Waals surface area contributed by atoms with E-state index in [9.17, 15) is 8.78 Å². The topological polar surface area (TPSA) is 26.0 Å². The Labute approximate surface area is 126 Å². The number of hydrogen-bond acceptors (Lipinski definition) is 2. The fourth-order valence-electron chi connectivity index (χ4n) is 1.76. The van der Waals surface area contributed by atoms with E-state index < -0.39 is 11.6 Å². The highest BCUT2D eigenvalue weighted by Crippen LogP contribution is 2.21. The van der Waals surface area contributed by atoms with Crippen molar-refractivity contribution in [3.63, 3.8) is 0 Å². The number of benzene rings is 2. The van der Waals surface area contributed by atoms with Crippen LogP contribution in [0.4, 0.5) is 8.78 Å². The molecule has 0 aromatic heterocycles. The van der Waals surface area contributed by atoms with Crippen molar-refractivity contribution in [2.75, 3.05) is 5.75 Å². The van der Waals surface area contributed by atoms with E-state index in [1.807, 2.05) is 24.3 Å². The van der Waals surface area contributed by atoms with Crippen LogP contribution in [0.2, 0.25) is 5.02 Å². The molecule has 2 aromatic rings. The Balaban J connectivity index is 1.87. The van der Waals surface area contributed by atoms with Gasteiger partial charge in [-0.3, -0.25) is 0 Å². The summed E-state index contributed by atoms with van der Waals surface area (Å²) in [4.78, 5) is 1.08. The molecule has 0 saturated carbocycles. The Kier molecular flexibility index (Phi) is 5.40. The zero-order chi connectivity index (χ0) is 14.5. The lowest BCUT2D eigenvalue weighted by molar-refractivity contribution is 0.506. The Morgan fingerprint density at radius 3 is 2.40 bits per heavy atom. The molecule has 2 N–H and O–H groups in total. The highest BCUT2D eigenvalue weighted by atomic mass is 35.5. The van der Waals surface area contributed by atoms with Gasteiger partial charge in [0.25, 0.3) is 0 Å². The zero-order valence-electron chi connectivity index (χ0n) is 10.7. The van der Waals surface area contributed by atoms with E-state index in [1.54, 1.807) is 17.8 Å². The summed E-state index contributed by atoms with van der Waals surface area (Å²) in [5, 5.41) is 0.695. The number of rotatable bonds is 5. The SMILES string of the molecule is NC(CSc1ccc(Cl)cc1)Cc1ccc(F)c(F)c1. The number of thioether (sulfide) groups is 1. The lowest BCUT2D eigenvalue weighted by Gasteiger charge is -2.11. The first kappa shape index (κ1) is 15.3. The van der Waals surface area contributed by atoms with Crippen molar-refractivity contribution in [3.05, 3.63) is 64.7 Å². The summed E-state index contributed by atoms with van der Waals surface area (Å²) >= 11 is 7.42. The van der Waals surface area contributed by atoms with Crippen molar-refractivity contribution in [2.24, 2.45) is 5.73 Å². The predicted molar refractivity (Wildman–Crippen MR) is 80.2 cm³/mol. The van der Waals surface area contributed by atoms with Crippen LogP contribution in [0.25, 0.3) is 0 Å². The summed E-state index contributed by atoms with van der Waals surface area (Å²) in [7, 11) is 0. The molecule has 1 unspecified atom stereocenters. The van der Waals surface area contributed by atoms with Gasteiger partial charge in [0.2, 0.25) is 0 Å². The molecule has 2 aromatic carbocycles. The van der Waals surface area contributed by atoms with Crippen LogP contribution in [0.15, 0.2) is 47.4 Å². The maximum absolute atomic E-state index is 13.1. The van der Waals surface area contributed by atoms with Gasteiger partial charge in [-0.25, -0.2) is 8.78 Å². The normalized spacial score (nSPS) is 12.4. The first-order chi connectivity index (χ1) is 9.54. The van der Waals surface area contributed by atoms with Gasteiger partial charge in [0, 0.05) is 21.7 Å².